The fourth-order valence-corrected chi connectivity index (χ4v) is 1.80. The number of thioether (sulfide) groups is 1. The standard InChI is InChI=1S/C8H12S/c1-6-4-9-5-7(2)8(6)3/h4H,5H2,1-3H3. The van der Waals surface area contributed by atoms with Crippen LogP contribution in [0.1, 0.15) is 20.8 Å². The largest absolute Gasteiger partial charge is 0.129 e. The van der Waals surface area contributed by atoms with Gasteiger partial charge in [-0.05, 0) is 37.3 Å². The lowest BCUT2D eigenvalue weighted by molar-refractivity contribution is 1.23. The van der Waals surface area contributed by atoms with E-state index in [1.54, 1.807) is 0 Å². The van der Waals surface area contributed by atoms with Gasteiger partial charge in [0.1, 0.15) is 0 Å². The molecule has 0 amide bonds. The van der Waals surface area contributed by atoms with Gasteiger partial charge in [0.2, 0.25) is 0 Å². The Bertz CT molecular complexity index is 175. The maximum Gasteiger partial charge on any atom is 0.0187 e. The Kier molecular flexibility index (Phi) is 2.01. The van der Waals surface area contributed by atoms with Crippen LogP contribution >= 0.6 is 11.8 Å². The first kappa shape index (κ1) is 6.94. The van der Waals surface area contributed by atoms with Gasteiger partial charge in [-0.3, -0.25) is 0 Å². The van der Waals surface area contributed by atoms with Crippen LogP contribution in [0.4, 0.5) is 0 Å². The summed E-state index contributed by atoms with van der Waals surface area (Å²) in [7, 11) is 0. The molecule has 0 spiro atoms. The van der Waals surface area contributed by atoms with Crippen LogP contribution in [0.3, 0.4) is 0 Å². The number of rotatable bonds is 0. The summed E-state index contributed by atoms with van der Waals surface area (Å²) in [4.78, 5) is 0. The van der Waals surface area contributed by atoms with Gasteiger partial charge in [0, 0.05) is 5.75 Å². The Balaban J connectivity index is 2.88. The topological polar surface area (TPSA) is 0 Å². The molecule has 0 N–H and O–H groups in total. The molecule has 0 saturated heterocycles. The van der Waals surface area contributed by atoms with Crippen molar-refractivity contribution in [3.63, 3.8) is 0 Å². The molecule has 50 valence electrons. The van der Waals surface area contributed by atoms with Crippen LogP contribution in [-0.2, 0) is 0 Å². The Labute approximate surface area is 61.0 Å². The van der Waals surface area contributed by atoms with Crippen molar-refractivity contribution in [1.82, 2.24) is 0 Å². The molecular weight excluding hydrogens is 128 g/mol. The van der Waals surface area contributed by atoms with Crippen LogP contribution in [0.15, 0.2) is 22.1 Å². The second-order valence-corrected chi connectivity index (χ2v) is 3.37. The normalized spacial score (nSPS) is 20.1. The number of allylic oxidation sites excluding steroid dienone is 2. The molecule has 1 aliphatic rings. The molecule has 1 heteroatoms. The fraction of sp³-hybridized carbons (Fsp3) is 0.500. The van der Waals surface area contributed by atoms with E-state index in [4.69, 9.17) is 0 Å². The van der Waals surface area contributed by atoms with Crippen molar-refractivity contribution in [3.8, 4) is 0 Å². The highest BCUT2D eigenvalue weighted by Crippen LogP contribution is 2.25. The minimum absolute atomic E-state index is 1.18. The average molecular weight is 140 g/mol. The van der Waals surface area contributed by atoms with E-state index in [0.717, 1.165) is 0 Å². The second-order valence-electron chi connectivity index (χ2n) is 2.52. The Morgan fingerprint density at radius 1 is 1.33 bits per heavy atom. The van der Waals surface area contributed by atoms with E-state index < -0.39 is 0 Å². The first-order valence-electron chi connectivity index (χ1n) is 3.17. The molecule has 0 unspecified atom stereocenters. The minimum Gasteiger partial charge on any atom is -0.129 e. The Morgan fingerprint density at radius 3 is 2.44 bits per heavy atom. The zero-order valence-corrected chi connectivity index (χ0v) is 7.01. The van der Waals surface area contributed by atoms with Crippen LogP contribution < -0.4 is 0 Å². The van der Waals surface area contributed by atoms with Gasteiger partial charge in [-0.25, -0.2) is 0 Å². The Hall–Kier alpha value is -0.170. The van der Waals surface area contributed by atoms with E-state index in [1.807, 2.05) is 11.8 Å². The molecule has 0 aliphatic carbocycles. The molecule has 0 fully saturated rings. The monoisotopic (exact) mass is 140 g/mol. The minimum atomic E-state index is 1.18. The van der Waals surface area contributed by atoms with Gasteiger partial charge < -0.3 is 0 Å². The molecule has 0 atom stereocenters. The molecule has 1 aliphatic heterocycles. The number of hydrogen-bond donors (Lipinski definition) is 0. The lowest BCUT2D eigenvalue weighted by atomic mass is 10.1. The van der Waals surface area contributed by atoms with E-state index >= 15 is 0 Å². The lowest BCUT2D eigenvalue weighted by Crippen LogP contribution is -1.93. The molecule has 0 radical (unpaired) electrons. The average Bonchev–Trinajstić information content (AvgIpc) is 1.83. The maximum absolute atomic E-state index is 2.24. The molecule has 0 bridgehead atoms. The van der Waals surface area contributed by atoms with E-state index in [2.05, 4.69) is 26.2 Å². The predicted octanol–water partition coefficient (Wildman–Crippen LogP) is 2.97. The first-order chi connectivity index (χ1) is 4.22. The molecule has 0 aromatic carbocycles. The molecule has 1 heterocycles. The second kappa shape index (κ2) is 2.61. The number of hydrogen-bond acceptors (Lipinski definition) is 1. The maximum atomic E-state index is 2.24. The van der Waals surface area contributed by atoms with Crippen molar-refractivity contribution in [2.75, 3.05) is 5.75 Å². The molecule has 0 aromatic rings. The zero-order chi connectivity index (χ0) is 6.85. The summed E-state index contributed by atoms with van der Waals surface area (Å²) in [6.45, 7) is 6.57. The molecular formula is C8H12S. The molecule has 9 heavy (non-hydrogen) atoms. The molecule has 0 aromatic heterocycles. The van der Waals surface area contributed by atoms with Gasteiger partial charge in [-0.2, -0.15) is 0 Å². The van der Waals surface area contributed by atoms with Crippen molar-refractivity contribution in [2.24, 2.45) is 0 Å². The third-order valence-electron chi connectivity index (χ3n) is 1.79. The predicted molar refractivity (Wildman–Crippen MR) is 44.6 cm³/mol. The highest BCUT2D eigenvalue weighted by atomic mass is 32.2. The van der Waals surface area contributed by atoms with Gasteiger partial charge in [-0.1, -0.05) is 5.57 Å². The van der Waals surface area contributed by atoms with Crippen molar-refractivity contribution in [3.05, 3.63) is 22.1 Å². The van der Waals surface area contributed by atoms with Gasteiger partial charge >= 0.3 is 0 Å². The van der Waals surface area contributed by atoms with Crippen molar-refractivity contribution in [1.29, 1.82) is 0 Å². The van der Waals surface area contributed by atoms with E-state index in [9.17, 15) is 0 Å². The van der Waals surface area contributed by atoms with E-state index in [1.165, 1.54) is 22.5 Å². The summed E-state index contributed by atoms with van der Waals surface area (Å²) in [6.07, 6.45) is 0. The van der Waals surface area contributed by atoms with Crippen LogP contribution in [-0.4, -0.2) is 5.75 Å². The first-order valence-corrected chi connectivity index (χ1v) is 4.22. The third-order valence-corrected chi connectivity index (χ3v) is 2.91. The Morgan fingerprint density at radius 2 is 2.00 bits per heavy atom. The summed E-state index contributed by atoms with van der Waals surface area (Å²) in [5.74, 6) is 1.18. The molecule has 0 saturated carbocycles. The van der Waals surface area contributed by atoms with E-state index in [0.29, 0.717) is 0 Å². The summed E-state index contributed by atoms with van der Waals surface area (Å²) < 4.78 is 0. The smallest absolute Gasteiger partial charge is 0.0187 e. The molecule has 1 rings (SSSR count). The third kappa shape index (κ3) is 1.39. The van der Waals surface area contributed by atoms with Crippen molar-refractivity contribution in [2.45, 2.75) is 20.8 Å². The summed E-state index contributed by atoms with van der Waals surface area (Å²) >= 11 is 1.89. The quantitative estimate of drug-likeness (QED) is 0.498. The van der Waals surface area contributed by atoms with Crippen LogP contribution in [0.2, 0.25) is 0 Å². The van der Waals surface area contributed by atoms with Gasteiger partial charge in [0.05, 0.1) is 0 Å². The highest BCUT2D eigenvalue weighted by Gasteiger charge is 2.03. The highest BCUT2D eigenvalue weighted by molar-refractivity contribution is 8.02. The van der Waals surface area contributed by atoms with Crippen LogP contribution in [0, 0.1) is 0 Å². The van der Waals surface area contributed by atoms with Crippen LogP contribution in [0.25, 0.3) is 0 Å². The van der Waals surface area contributed by atoms with Crippen molar-refractivity contribution >= 4 is 11.8 Å². The summed E-state index contributed by atoms with van der Waals surface area (Å²) in [5, 5.41) is 2.24. The van der Waals surface area contributed by atoms with Gasteiger partial charge in [0.15, 0.2) is 0 Å². The van der Waals surface area contributed by atoms with Gasteiger partial charge in [0.25, 0.3) is 0 Å². The fourth-order valence-electron chi connectivity index (χ4n) is 0.825. The van der Waals surface area contributed by atoms with Crippen LogP contribution in [0.5, 0.6) is 0 Å². The van der Waals surface area contributed by atoms with Gasteiger partial charge in [-0.15, -0.1) is 11.8 Å². The summed E-state index contributed by atoms with van der Waals surface area (Å²) in [6, 6.07) is 0. The van der Waals surface area contributed by atoms with Crippen molar-refractivity contribution < 1.29 is 0 Å². The van der Waals surface area contributed by atoms with E-state index in [-0.39, 0.29) is 0 Å². The zero-order valence-electron chi connectivity index (χ0n) is 6.19. The molecule has 0 nitrogen and oxygen atoms in total. The lowest BCUT2D eigenvalue weighted by Gasteiger charge is -2.12. The SMILES string of the molecule is CC1=CSCC(C)=C1C. The summed E-state index contributed by atoms with van der Waals surface area (Å²) in [5.41, 5.74) is 4.44.